The van der Waals surface area contributed by atoms with Crippen LogP contribution in [0.4, 0.5) is 5.82 Å². The van der Waals surface area contributed by atoms with Crippen molar-refractivity contribution < 1.29 is 9.32 Å². The summed E-state index contributed by atoms with van der Waals surface area (Å²) in [5.41, 5.74) is 2.31. The van der Waals surface area contributed by atoms with Crippen LogP contribution in [-0.4, -0.2) is 35.2 Å². The van der Waals surface area contributed by atoms with Crippen LogP contribution in [0.15, 0.2) is 22.7 Å². The molecular weight excluding hydrogens is 304 g/mol. The van der Waals surface area contributed by atoms with Crippen LogP contribution < -0.4 is 10.2 Å². The highest BCUT2D eigenvalue weighted by molar-refractivity contribution is 5.96. The summed E-state index contributed by atoms with van der Waals surface area (Å²) in [5.74, 6) is 1.47. The Morgan fingerprint density at radius 2 is 2.25 bits per heavy atom. The summed E-state index contributed by atoms with van der Waals surface area (Å²) in [6, 6.07) is 6.14. The van der Waals surface area contributed by atoms with E-state index < -0.39 is 0 Å². The van der Waals surface area contributed by atoms with Crippen LogP contribution >= 0.6 is 0 Å². The van der Waals surface area contributed by atoms with Crippen molar-refractivity contribution in [2.24, 2.45) is 0 Å². The molecule has 0 saturated carbocycles. The monoisotopic (exact) mass is 328 g/mol. The smallest absolute Gasteiger partial charge is 0.257 e. The topological polar surface area (TPSA) is 71.3 Å². The van der Waals surface area contributed by atoms with Gasteiger partial charge >= 0.3 is 0 Å². The molecule has 3 rings (SSSR count). The molecule has 0 aliphatic carbocycles. The number of aromatic nitrogens is 2. The van der Waals surface area contributed by atoms with Gasteiger partial charge in [-0.1, -0.05) is 18.1 Å². The van der Waals surface area contributed by atoms with Crippen LogP contribution in [-0.2, 0) is 6.42 Å². The van der Waals surface area contributed by atoms with Gasteiger partial charge in [-0.05, 0) is 45.2 Å². The lowest BCUT2D eigenvalue weighted by Crippen LogP contribution is -2.48. The van der Waals surface area contributed by atoms with Crippen LogP contribution in [0, 0.1) is 13.8 Å². The van der Waals surface area contributed by atoms with E-state index >= 15 is 0 Å². The number of piperidine rings is 1. The third kappa shape index (κ3) is 3.42. The zero-order valence-corrected chi connectivity index (χ0v) is 14.5. The van der Waals surface area contributed by atoms with Crippen molar-refractivity contribution in [1.29, 1.82) is 0 Å². The SMILES string of the molecule is CCc1noc(C)c1C(=O)NC1CCCN(c2cccc(C)n2)C1. The number of hydrogen-bond acceptors (Lipinski definition) is 5. The molecule has 0 spiro atoms. The number of anilines is 1. The van der Waals surface area contributed by atoms with E-state index in [2.05, 4.69) is 20.4 Å². The number of nitrogens with one attached hydrogen (secondary N) is 1. The van der Waals surface area contributed by atoms with E-state index in [1.165, 1.54) is 0 Å². The molecule has 24 heavy (non-hydrogen) atoms. The normalized spacial score (nSPS) is 17.8. The Morgan fingerprint density at radius 3 is 3.00 bits per heavy atom. The zero-order chi connectivity index (χ0) is 17.1. The summed E-state index contributed by atoms with van der Waals surface area (Å²) >= 11 is 0. The molecule has 6 heteroatoms. The molecule has 6 nitrogen and oxygen atoms in total. The first-order chi connectivity index (χ1) is 11.6. The Kier molecular flexibility index (Phi) is 4.83. The Balaban J connectivity index is 1.69. The van der Waals surface area contributed by atoms with Gasteiger partial charge in [0.05, 0.1) is 5.69 Å². The quantitative estimate of drug-likeness (QED) is 0.934. The molecule has 1 amide bonds. The van der Waals surface area contributed by atoms with Crippen molar-refractivity contribution in [2.45, 2.75) is 46.1 Å². The number of rotatable bonds is 4. The van der Waals surface area contributed by atoms with E-state index in [0.717, 1.165) is 43.1 Å². The molecule has 0 aromatic carbocycles. The first-order valence-corrected chi connectivity index (χ1v) is 8.53. The van der Waals surface area contributed by atoms with Crippen molar-refractivity contribution >= 4 is 11.7 Å². The van der Waals surface area contributed by atoms with Crippen molar-refractivity contribution in [2.75, 3.05) is 18.0 Å². The fraction of sp³-hybridized carbons (Fsp3) is 0.500. The Morgan fingerprint density at radius 1 is 1.42 bits per heavy atom. The molecule has 2 aromatic rings. The predicted molar refractivity (Wildman–Crippen MR) is 92.3 cm³/mol. The van der Waals surface area contributed by atoms with Gasteiger partial charge in [-0.3, -0.25) is 4.79 Å². The lowest BCUT2D eigenvalue weighted by molar-refractivity contribution is 0.0931. The molecule has 1 N–H and O–H groups in total. The summed E-state index contributed by atoms with van der Waals surface area (Å²) in [5, 5.41) is 7.11. The second-order valence-electron chi connectivity index (χ2n) is 6.31. The molecular formula is C18H24N4O2. The number of carbonyl (C=O) groups excluding carboxylic acids is 1. The minimum Gasteiger partial charge on any atom is -0.361 e. The third-order valence-electron chi connectivity index (χ3n) is 4.45. The highest BCUT2D eigenvalue weighted by atomic mass is 16.5. The maximum atomic E-state index is 12.6. The van der Waals surface area contributed by atoms with Crippen molar-refractivity contribution in [1.82, 2.24) is 15.5 Å². The average Bonchev–Trinajstić information content (AvgIpc) is 2.96. The van der Waals surface area contributed by atoms with E-state index in [4.69, 9.17) is 4.52 Å². The predicted octanol–water partition coefficient (Wildman–Crippen LogP) is 2.65. The molecule has 2 aromatic heterocycles. The molecule has 1 aliphatic rings. The van der Waals surface area contributed by atoms with Gasteiger partial charge in [0.2, 0.25) is 0 Å². The van der Waals surface area contributed by atoms with Gasteiger partial charge in [-0.25, -0.2) is 4.98 Å². The highest BCUT2D eigenvalue weighted by Gasteiger charge is 2.25. The summed E-state index contributed by atoms with van der Waals surface area (Å²) in [4.78, 5) is 19.5. The molecule has 0 radical (unpaired) electrons. The van der Waals surface area contributed by atoms with Gasteiger partial charge < -0.3 is 14.7 Å². The number of hydrogen-bond donors (Lipinski definition) is 1. The van der Waals surface area contributed by atoms with Gasteiger partial charge in [0.25, 0.3) is 5.91 Å². The number of amides is 1. The molecule has 1 aliphatic heterocycles. The molecule has 0 bridgehead atoms. The van der Waals surface area contributed by atoms with Crippen LogP contribution in [0.5, 0.6) is 0 Å². The summed E-state index contributed by atoms with van der Waals surface area (Å²) < 4.78 is 5.17. The van der Waals surface area contributed by atoms with E-state index in [-0.39, 0.29) is 11.9 Å². The minimum absolute atomic E-state index is 0.0883. The molecule has 128 valence electrons. The number of aryl methyl sites for hydroxylation is 3. The zero-order valence-electron chi connectivity index (χ0n) is 14.5. The van der Waals surface area contributed by atoms with Crippen LogP contribution in [0.2, 0.25) is 0 Å². The largest absolute Gasteiger partial charge is 0.361 e. The molecule has 1 unspecified atom stereocenters. The average molecular weight is 328 g/mol. The maximum absolute atomic E-state index is 12.6. The lowest BCUT2D eigenvalue weighted by Gasteiger charge is -2.34. The second-order valence-corrected chi connectivity index (χ2v) is 6.31. The van der Waals surface area contributed by atoms with Gasteiger partial charge in [0.15, 0.2) is 0 Å². The summed E-state index contributed by atoms with van der Waals surface area (Å²) in [6.07, 6.45) is 2.69. The van der Waals surface area contributed by atoms with Crippen LogP contribution in [0.1, 0.15) is 47.3 Å². The van der Waals surface area contributed by atoms with Gasteiger partial charge in [-0.15, -0.1) is 0 Å². The van der Waals surface area contributed by atoms with Gasteiger partial charge in [-0.2, -0.15) is 0 Å². The second kappa shape index (κ2) is 7.03. The van der Waals surface area contributed by atoms with Crippen LogP contribution in [0.3, 0.4) is 0 Å². The van der Waals surface area contributed by atoms with E-state index in [1.54, 1.807) is 6.92 Å². The lowest BCUT2D eigenvalue weighted by atomic mass is 10.0. The van der Waals surface area contributed by atoms with Crippen molar-refractivity contribution in [3.05, 3.63) is 40.9 Å². The first-order valence-electron chi connectivity index (χ1n) is 8.53. The Bertz CT molecular complexity index is 726. The number of pyridine rings is 1. The highest BCUT2D eigenvalue weighted by Crippen LogP contribution is 2.19. The van der Waals surface area contributed by atoms with E-state index in [1.807, 2.05) is 32.0 Å². The summed E-state index contributed by atoms with van der Waals surface area (Å²) in [6.45, 7) is 7.49. The summed E-state index contributed by atoms with van der Waals surface area (Å²) in [7, 11) is 0. The molecule has 1 atom stereocenters. The Hall–Kier alpha value is -2.37. The van der Waals surface area contributed by atoms with Crippen LogP contribution in [0.25, 0.3) is 0 Å². The standard InChI is InChI=1S/C18H24N4O2/c1-4-15-17(13(3)24-21-15)18(23)20-14-8-6-10-22(11-14)16-9-5-7-12(2)19-16/h5,7,9,14H,4,6,8,10-11H2,1-3H3,(H,20,23). The maximum Gasteiger partial charge on any atom is 0.257 e. The fourth-order valence-electron chi connectivity index (χ4n) is 3.22. The van der Waals surface area contributed by atoms with E-state index in [9.17, 15) is 4.79 Å². The molecule has 3 heterocycles. The van der Waals surface area contributed by atoms with Gasteiger partial charge in [0.1, 0.15) is 17.1 Å². The van der Waals surface area contributed by atoms with Gasteiger partial charge in [0, 0.05) is 24.8 Å². The molecule has 1 fully saturated rings. The van der Waals surface area contributed by atoms with Crippen molar-refractivity contribution in [3.8, 4) is 0 Å². The number of nitrogens with zero attached hydrogens (tertiary/aromatic N) is 3. The van der Waals surface area contributed by atoms with E-state index in [0.29, 0.717) is 17.7 Å². The molecule has 1 saturated heterocycles. The third-order valence-corrected chi connectivity index (χ3v) is 4.45. The fourth-order valence-corrected chi connectivity index (χ4v) is 3.22. The van der Waals surface area contributed by atoms with Crippen molar-refractivity contribution in [3.63, 3.8) is 0 Å². The minimum atomic E-state index is -0.0883. The first kappa shape index (κ1) is 16.5. The Labute approximate surface area is 142 Å². The number of carbonyl (C=O) groups is 1.